The number of carbonyl (C=O) groups is 1. The van der Waals surface area contributed by atoms with E-state index in [0.717, 1.165) is 5.56 Å². The number of methoxy groups -OCH3 is 2. The van der Waals surface area contributed by atoms with Crippen LogP contribution in [0.25, 0.3) is 0 Å². The Morgan fingerprint density at radius 3 is 2.50 bits per heavy atom. The molecular formula is C20H25FN2O3. The van der Waals surface area contributed by atoms with Crippen molar-refractivity contribution in [2.24, 2.45) is 0 Å². The molecule has 0 aliphatic heterocycles. The second-order valence-electron chi connectivity index (χ2n) is 5.86. The van der Waals surface area contributed by atoms with Crippen molar-refractivity contribution < 1.29 is 18.7 Å². The number of benzene rings is 2. The van der Waals surface area contributed by atoms with Crippen LogP contribution in [0.2, 0.25) is 0 Å². The van der Waals surface area contributed by atoms with E-state index in [0.29, 0.717) is 30.2 Å². The molecule has 26 heavy (non-hydrogen) atoms. The van der Waals surface area contributed by atoms with Gasteiger partial charge in [0.1, 0.15) is 5.82 Å². The molecule has 2 rings (SSSR count). The van der Waals surface area contributed by atoms with Crippen LogP contribution < -0.4 is 14.8 Å². The third-order valence-corrected chi connectivity index (χ3v) is 4.10. The highest BCUT2D eigenvalue weighted by Gasteiger charge is 2.12. The molecule has 5 nitrogen and oxygen atoms in total. The first kappa shape index (κ1) is 19.7. The molecule has 0 aromatic heterocycles. The first-order chi connectivity index (χ1) is 12.6. The van der Waals surface area contributed by atoms with Crippen molar-refractivity contribution >= 4 is 5.91 Å². The predicted octanol–water partition coefficient (Wildman–Crippen LogP) is 2.98. The number of halogens is 1. The smallest absolute Gasteiger partial charge is 0.234 e. The van der Waals surface area contributed by atoms with E-state index in [9.17, 15) is 9.18 Å². The molecule has 0 aliphatic rings. The molecule has 2 aromatic rings. The molecule has 0 saturated heterocycles. The van der Waals surface area contributed by atoms with Crippen molar-refractivity contribution in [2.45, 2.75) is 20.0 Å². The molecule has 1 N–H and O–H groups in total. The monoisotopic (exact) mass is 360 g/mol. The number of carbonyl (C=O) groups excluding carboxylic acids is 1. The van der Waals surface area contributed by atoms with Gasteiger partial charge in [-0.05, 0) is 30.3 Å². The summed E-state index contributed by atoms with van der Waals surface area (Å²) in [4.78, 5) is 14.2. The van der Waals surface area contributed by atoms with Gasteiger partial charge in [0.15, 0.2) is 11.5 Å². The minimum Gasteiger partial charge on any atom is -0.493 e. The van der Waals surface area contributed by atoms with E-state index >= 15 is 0 Å². The van der Waals surface area contributed by atoms with Crippen LogP contribution in [0, 0.1) is 5.82 Å². The Bertz CT molecular complexity index is 737. The lowest BCUT2D eigenvalue weighted by Gasteiger charge is -2.20. The maximum atomic E-state index is 13.6. The molecule has 0 spiro atoms. The zero-order chi connectivity index (χ0) is 18.9. The van der Waals surface area contributed by atoms with Gasteiger partial charge in [0, 0.05) is 18.7 Å². The summed E-state index contributed by atoms with van der Waals surface area (Å²) >= 11 is 0. The van der Waals surface area contributed by atoms with Crippen LogP contribution >= 0.6 is 0 Å². The van der Waals surface area contributed by atoms with E-state index in [1.54, 1.807) is 32.4 Å². The van der Waals surface area contributed by atoms with Crippen LogP contribution in [0.1, 0.15) is 18.1 Å². The highest BCUT2D eigenvalue weighted by Crippen LogP contribution is 2.27. The molecule has 0 radical (unpaired) electrons. The Morgan fingerprint density at radius 1 is 1.12 bits per heavy atom. The highest BCUT2D eigenvalue weighted by atomic mass is 19.1. The lowest BCUT2D eigenvalue weighted by Crippen LogP contribution is -2.36. The maximum absolute atomic E-state index is 13.6. The Morgan fingerprint density at radius 2 is 1.85 bits per heavy atom. The van der Waals surface area contributed by atoms with Crippen LogP contribution in [0.5, 0.6) is 11.5 Å². The normalized spacial score (nSPS) is 10.7. The quantitative estimate of drug-likeness (QED) is 0.747. The zero-order valence-electron chi connectivity index (χ0n) is 15.4. The van der Waals surface area contributed by atoms with E-state index in [4.69, 9.17) is 9.47 Å². The molecule has 0 aliphatic carbocycles. The summed E-state index contributed by atoms with van der Waals surface area (Å²) in [5.74, 6) is 0.869. The van der Waals surface area contributed by atoms with Gasteiger partial charge in [0.05, 0.1) is 20.8 Å². The van der Waals surface area contributed by atoms with Crippen molar-refractivity contribution in [1.82, 2.24) is 10.2 Å². The van der Waals surface area contributed by atoms with Crippen molar-refractivity contribution in [2.75, 3.05) is 27.3 Å². The third-order valence-electron chi connectivity index (χ3n) is 4.10. The summed E-state index contributed by atoms with van der Waals surface area (Å²) in [6, 6.07) is 12.1. The molecule has 0 bridgehead atoms. The van der Waals surface area contributed by atoms with Crippen LogP contribution in [0.4, 0.5) is 4.39 Å². The third kappa shape index (κ3) is 5.46. The number of likely N-dealkylation sites (N-methyl/N-ethyl adjacent to an activating group) is 1. The molecule has 0 unspecified atom stereocenters. The Kier molecular flexibility index (Phi) is 7.41. The van der Waals surface area contributed by atoms with E-state index in [1.807, 2.05) is 30.0 Å². The SMILES string of the molecule is CCN(CC(=O)NCc1ccccc1F)Cc1ccc(OC)c(OC)c1. The zero-order valence-corrected chi connectivity index (χ0v) is 15.4. The topological polar surface area (TPSA) is 50.8 Å². The summed E-state index contributed by atoms with van der Waals surface area (Å²) in [7, 11) is 3.19. The summed E-state index contributed by atoms with van der Waals surface area (Å²) in [5.41, 5.74) is 1.50. The minimum absolute atomic E-state index is 0.143. The second kappa shape index (κ2) is 9.77. The average molecular weight is 360 g/mol. The number of nitrogens with zero attached hydrogens (tertiary/aromatic N) is 1. The van der Waals surface area contributed by atoms with Gasteiger partial charge < -0.3 is 14.8 Å². The summed E-state index contributed by atoms with van der Waals surface area (Å²) in [6.07, 6.45) is 0. The molecule has 0 fully saturated rings. The van der Waals surface area contributed by atoms with E-state index in [-0.39, 0.29) is 24.8 Å². The van der Waals surface area contributed by atoms with Gasteiger partial charge in [-0.3, -0.25) is 9.69 Å². The number of nitrogens with one attached hydrogen (secondary N) is 1. The fraction of sp³-hybridized carbons (Fsp3) is 0.350. The standard InChI is InChI=1S/C20H25FN2O3/c1-4-23(13-15-9-10-18(25-2)19(11-15)26-3)14-20(24)22-12-16-7-5-6-8-17(16)21/h5-11H,4,12-14H2,1-3H3,(H,22,24). The van der Waals surface area contributed by atoms with Gasteiger partial charge in [0.25, 0.3) is 0 Å². The fourth-order valence-corrected chi connectivity index (χ4v) is 2.61. The molecule has 140 valence electrons. The molecular weight excluding hydrogens is 335 g/mol. The number of ether oxygens (including phenoxy) is 2. The summed E-state index contributed by atoms with van der Waals surface area (Å²) in [6.45, 7) is 3.72. The van der Waals surface area contributed by atoms with Gasteiger partial charge in [-0.2, -0.15) is 0 Å². The second-order valence-corrected chi connectivity index (χ2v) is 5.86. The van der Waals surface area contributed by atoms with Crippen LogP contribution in [0.15, 0.2) is 42.5 Å². The number of amides is 1. The van der Waals surface area contributed by atoms with Gasteiger partial charge >= 0.3 is 0 Å². The fourth-order valence-electron chi connectivity index (χ4n) is 2.61. The van der Waals surface area contributed by atoms with Crippen LogP contribution in [-0.4, -0.2) is 38.1 Å². The number of hydrogen-bond donors (Lipinski definition) is 1. The minimum atomic E-state index is -0.314. The Balaban J connectivity index is 1.92. The van der Waals surface area contributed by atoms with E-state index < -0.39 is 0 Å². The molecule has 2 aromatic carbocycles. The number of hydrogen-bond acceptors (Lipinski definition) is 4. The average Bonchev–Trinajstić information content (AvgIpc) is 2.66. The molecule has 1 amide bonds. The lowest BCUT2D eigenvalue weighted by atomic mass is 10.2. The largest absolute Gasteiger partial charge is 0.493 e. The van der Waals surface area contributed by atoms with Gasteiger partial charge in [-0.15, -0.1) is 0 Å². The van der Waals surface area contributed by atoms with Gasteiger partial charge in [-0.25, -0.2) is 4.39 Å². The van der Waals surface area contributed by atoms with Crippen molar-refractivity contribution in [3.8, 4) is 11.5 Å². The molecule has 0 atom stereocenters. The lowest BCUT2D eigenvalue weighted by molar-refractivity contribution is -0.122. The van der Waals surface area contributed by atoms with Crippen molar-refractivity contribution in [3.05, 3.63) is 59.4 Å². The van der Waals surface area contributed by atoms with Crippen LogP contribution in [0.3, 0.4) is 0 Å². The highest BCUT2D eigenvalue weighted by molar-refractivity contribution is 5.78. The van der Waals surface area contributed by atoms with Gasteiger partial charge in [0.2, 0.25) is 5.91 Å². The summed E-state index contributed by atoms with van der Waals surface area (Å²) in [5, 5.41) is 2.77. The van der Waals surface area contributed by atoms with E-state index in [1.165, 1.54) is 6.07 Å². The number of rotatable bonds is 9. The first-order valence-electron chi connectivity index (χ1n) is 8.50. The predicted molar refractivity (Wildman–Crippen MR) is 98.7 cm³/mol. The molecule has 0 saturated carbocycles. The maximum Gasteiger partial charge on any atom is 0.234 e. The van der Waals surface area contributed by atoms with Crippen LogP contribution in [-0.2, 0) is 17.9 Å². The first-order valence-corrected chi connectivity index (χ1v) is 8.50. The van der Waals surface area contributed by atoms with Gasteiger partial charge in [-0.1, -0.05) is 31.2 Å². The Labute approximate surface area is 153 Å². The Hall–Kier alpha value is -2.60. The molecule has 0 heterocycles. The van der Waals surface area contributed by atoms with E-state index in [2.05, 4.69) is 5.32 Å². The van der Waals surface area contributed by atoms with Crippen molar-refractivity contribution in [1.29, 1.82) is 0 Å². The van der Waals surface area contributed by atoms with Crippen molar-refractivity contribution in [3.63, 3.8) is 0 Å². The summed E-state index contributed by atoms with van der Waals surface area (Å²) < 4.78 is 24.2. The molecule has 6 heteroatoms.